The van der Waals surface area contributed by atoms with E-state index < -0.39 is 59.5 Å². The fourth-order valence-corrected chi connectivity index (χ4v) is 4.82. The summed E-state index contributed by atoms with van der Waals surface area (Å²) in [5.41, 5.74) is 1.00. The molecule has 0 aliphatic carbocycles. The number of aliphatic hydroxyl groups excluding tert-OH is 1. The van der Waals surface area contributed by atoms with E-state index in [-0.39, 0.29) is 30.4 Å². The maximum atomic E-state index is 12.9. The average Bonchev–Trinajstić information content (AvgIpc) is 3.20. The first-order chi connectivity index (χ1) is 14.8. The van der Waals surface area contributed by atoms with Gasteiger partial charge in [-0.25, -0.2) is 0 Å². The van der Waals surface area contributed by atoms with Crippen molar-refractivity contribution < 1.29 is 44.0 Å². The Morgan fingerprint density at radius 3 is 2.41 bits per heavy atom. The van der Waals surface area contributed by atoms with E-state index in [0.29, 0.717) is 0 Å². The molecule has 0 spiro atoms. The number of likely N-dealkylation sites (N-methyl/N-ethyl adjacent to an activating group) is 1. The highest BCUT2D eigenvalue weighted by molar-refractivity contribution is 7.99. The Bertz CT molecular complexity index is 767. The first kappa shape index (κ1) is 26.3. The van der Waals surface area contributed by atoms with E-state index in [9.17, 15) is 34.5 Å². The van der Waals surface area contributed by atoms with Gasteiger partial charge in [-0.05, 0) is 13.3 Å². The topological polar surface area (TPSA) is 210 Å². The molecule has 0 bridgehead atoms. The van der Waals surface area contributed by atoms with Gasteiger partial charge in [-0.2, -0.15) is 11.8 Å². The van der Waals surface area contributed by atoms with Gasteiger partial charge >= 0.3 is 0 Å². The van der Waals surface area contributed by atoms with Gasteiger partial charge in [0.1, 0.15) is 17.7 Å². The van der Waals surface area contributed by atoms with Crippen LogP contribution in [0.3, 0.4) is 0 Å². The van der Waals surface area contributed by atoms with Crippen LogP contribution >= 0.6 is 11.8 Å². The third kappa shape index (κ3) is 5.15. The second-order valence-electron chi connectivity index (χ2n) is 8.04. The molecule has 2 fully saturated rings. The van der Waals surface area contributed by atoms with E-state index in [0.717, 1.165) is 0 Å². The van der Waals surface area contributed by atoms with Crippen molar-refractivity contribution in [2.45, 2.75) is 49.5 Å². The highest BCUT2D eigenvalue weighted by Gasteiger charge is 2.62. The summed E-state index contributed by atoms with van der Waals surface area (Å²) in [4.78, 5) is 48.1. The highest BCUT2D eigenvalue weighted by atomic mass is 32.2. The van der Waals surface area contributed by atoms with E-state index >= 15 is 0 Å². The van der Waals surface area contributed by atoms with Gasteiger partial charge in [-0.1, -0.05) is 0 Å². The zero-order valence-electron chi connectivity index (χ0n) is 18.0. The number of ether oxygens (including phenoxy) is 2. The van der Waals surface area contributed by atoms with Crippen molar-refractivity contribution in [2.24, 2.45) is 11.7 Å². The molecule has 2 rings (SSSR count). The van der Waals surface area contributed by atoms with Crippen molar-refractivity contribution in [3.8, 4) is 0 Å². The number of nitrogens with one attached hydrogen (secondary N) is 3. The Morgan fingerprint density at radius 1 is 1.25 bits per heavy atom. The second kappa shape index (κ2) is 9.89. The quantitative estimate of drug-likeness (QED) is 0.171. The number of thioether (sulfide) groups is 1. The predicted octanol–water partition coefficient (Wildman–Crippen LogP) is -3.86. The standard InChI is InChI=1S/C18H30N4O9S/c1-9(23)21-11(12(24)20-3)7-32-6-10-4-5-30-18(10,29)15(27)22-17(14(19)26)13(25)16(2,28)8-31-17/h10-11,13,25,28-29H,4-8H2,1-3H3,(H2,19,26)(H,20,24)(H,21,23)(H,22,27). The van der Waals surface area contributed by atoms with Crippen LogP contribution < -0.4 is 21.7 Å². The number of carbonyl (C=O) groups is 4. The number of nitrogens with two attached hydrogens (primary N) is 1. The van der Waals surface area contributed by atoms with E-state index in [1.807, 2.05) is 0 Å². The van der Waals surface area contributed by atoms with Gasteiger partial charge < -0.3 is 46.5 Å². The Kier molecular flexibility index (Phi) is 8.12. The van der Waals surface area contributed by atoms with Crippen LogP contribution in [0.15, 0.2) is 0 Å². The fraction of sp³-hybridized carbons (Fsp3) is 0.778. The van der Waals surface area contributed by atoms with Crippen LogP contribution in [-0.4, -0.2) is 100.0 Å². The summed E-state index contributed by atoms with van der Waals surface area (Å²) in [6.07, 6.45) is -1.60. The minimum absolute atomic E-state index is 0.0322. The molecule has 32 heavy (non-hydrogen) atoms. The molecule has 0 aromatic heterocycles. The SMILES string of the molecule is CNC(=O)C(CSCC1CCOC1(O)C(=O)NC1(C(N)=O)OCC(C)(O)C1O)NC(C)=O. The van der Waals surface area contributed by atoms with Gasteiger partial charge in [0, 0.05) is 31.4 Å². The lowest BCUT2D eigenvalue weighted by Crippen LogP contribution is -2.69. The number of primary amides is 1. The van der Waals surface area contributed by atoms with Crippen LogP contribution in [0.2, 0.25) is 0 Å². The molecule has 6 atom stereocenters. The van der Waals surface area contributed by atoms with Crippen LogP contribution in [0.25, 0.3) is 0 Å². The van der Waals surface area contributed by atoms with Crippen molar-refractivity contribution in [1.29, 1.82) is 0 Å². The number of carbonyl (C=O) groups excluding carboxylic acids is 4. The van der Waals surface area contributed by atoms with Gasteiger partial charge in [0.25, 0.3) is 23.3 Å². The summed E-state index contributed by atoms with van der Waals surface area (Å²) in [6, 6.07) is -0.811. The number of amides is 4. The van der Waals surface area contributed by atoms with E-state index in [1.165, 1.54) is 32.7 Å². The lowest BCUT2D eigenvalue weighted by Gasteiger charge is -2.35. The monoisotopic (exact) mass is 478 g/mol. The molecular formula is C18H30N4O9S. The maximum Gasteiger partial charge on any atom is 0.283 e. The molecule has 2 heterocycles. The number of hydrogen-bond donors (Lipinski definition) is 7. The average molecular weight is 479 g/mol. The molecule has 0 saturated carbocycles. The Hall–Kier alpha value is -1.97. The molecule has 0 aromatic rings. The lowest BCUT2D eigenvalue weighted by molar-refractivity contribution is -0.209. The van der Waals surface area contributed by atoms with E-state index in [1.54, 1.807) is 0 Å². The maximum absolute atomic E-state index is 12.9. The number of aliphatic hydroxyl groups is 3. The molecule has 13 nitrogen and oxygen atoms in total. The summed E-state index contributed by atoms with van der Waals surface area (Å²) < 4.78 is 10.4. The van der Waals surface area contributed by atoms with Crippen LogP contribution in [0.5, 0.6) is 0 Å². The van der Waals surface area contributed by atoms with Gasteiger partial charge in [0.15, 0.2) is 0 Å². The van der Waals surface area contributed by atoms with Crippen LogP contribution in [0.4, 0.5) is 0 Å². The Balaban J connectivity index is 2.08. The molecule has 182 valence electrons. The van der Waals surface area contributed by atoms with Crippen LogP contribution in [-0.2, 0) is 28.7 Å². The molecule has 6 unspecified atom stereocenters. The summed E-state index contributed by atoms with van der Waals surface area (Å²) in [5, 5.41) is 38.5. The molecule has 4 amide bonds. The normalized spacial score (nSPS) is 35.2. The minimum Gasteiger partial charge on any atom is -0.385 e. The molecule has 2 aliphatic rings. The zero-order chi connectivity index (χ0) is 24.3. The molecule has 14 heteroatoms. The smallest absolute Gasteiger partial charge is 0.283 e. The van der Waals surface area contributed by atoms with Crippen molar-refractivity contribution in [3.05, 3.63) is 0 Å². The van der Waals surface area contributed by atoms with Crippen LogP contribution in [0.1, 0.15) is 20.3 Å². The van der Waals surface area contributed by atoms with Gasteiger partial charge in [0.05, 0.1) is 13.2 Å². The minimum atomic E-state index is -2.45. The van der Waals surface area contributed by atoms with E-state index in [4.69, 9.17) is 15.2 Å². The molecule has 2 aliphatic heterocycles. The number of hydrogen-bond acceptors (Lipinski definition) is 10. The molecule has 0 radical (unpaired) electrons. The first-order valence-corrected chi connectivity index (χ1v) is 11.0. The third-order valence-corrected chi connectivity index (χ3v) is 6.65. The number of rotatable bonds is 9. The van der Waals surface area contributed by atoms with Crippen molar-refractivity contribution in [2.75, 3.05) is 31.8 Å². The molecule has 8 N–H and O–H groups in total. The Labute approximate surface area is 188 Å². The summed E-state index contributed by atoms with van der Waals surface area (Å²) in [5.74, 6) is -5.99. The van der Waals surface area contributed by atoms with Gasteiger partial charge in [-0.15, -0.1) is 0 Å². The van der Waals surface area contributed by atoms with Crippen molar-refractivity contribution >= 4 is 35.4 Å². The lowest BCUT2D eigenvalue weighted by atomic mass is 9.92. The van der Waals surface area contributed by atoms with Gasteiger partial charge in [-0.3, -0.25) is 19.2 Å². The first-order valence-electron chi connectivity index (χ1n) is 9.90. The van der Waals surface area contributed by atoms with Crippen molar-refractivity contribution in [1.82, 2.24) is 16.0 Å². The Morgan fingerprint density at radius 2 is 1.91 bits per heavy atom. The second-order valence-corrected chi connectivity index (χ2v) is 9.11. The highest BCUT2D eigenvalue weighted by Crippen LogP contribution is 2.36. The summed E-state index contributed by atoms with van der Waals surface area (Å²) in [7, 11) is 1.43. The summed E-state index contributed by atoms with van der Waals surface area (Å²) >= 11 is 1.20. The zero-order valence-corrected chi connectivity index (χ0v) is 18.9. The predicted molar refractivity (Wildman–Crippen MR) is 111 cm³/mol. The fourth-order valence-electron chi connectivity index (χ4n) is 3.53. The summed E-state index contributed by atoms with van der Waals surface area (Å²) in [6.45, 7) is 2.02. The molecule has 0 aromatic carbocycles. The van der Waals surface area contributed by atoms with Crippen LogP contribution in [0, 0.1) is 5.92 Å². The largest absolute Gasteiger partial charge is 0.385 e. The molecular weight excluding hydrogens is 448 g/mol. The van der Waals surface area contributed by atoms with Crippen molar-refractivity contribution in [3.63, 3.8) is 0 Å². The molecule has 2 saturated heterocycles. The van der Waals surface area contributed by atoms with E-state index in [2.05, 4.69) is 16.0 Å². The van der Waals surface area contributed by atoms with Gasteiger partial charge in [0.2, 0.25) is 11.8 Å². The third-order valence-electron chi connectivity index (χ3n) is 5.44.